The predicted octanol–water partition coefficient (Wildman–Crippen LogP) is 4.62. The number of nitrogens with zero attached hydrogens (tertiary/aromatic N) is 3. The topological polar surface area (TPSA) is 22.9 Å². The molecule has 4 nitrogen and oxygen atoms in total. The minimum Gasteiger partial charge on any atom is -0.441 e. The summed E-state index contributed by atoms with van der Waals surface area (Å²) in [4.78, 5) is 5.81. The van der Waals surface area contributed by atoms with Gasteiger partial charge in [0.15, 0.2) is 5.88 Å². The zero-order valence-electron chi connectivity index (χ0n) is 18.1. The van der Waals surface area contributed by atoms with Gasteiger partial charge in [0.2, 0.25) is 0 Å². The monoisotopic (exact) mass is 346 g/mol. The van der Waals surface area contributed by atoms with Crippen molar-refractivity contribution < 1.29 is 8.53 Å². The Morgan fingerprint density at radius 1 is 1.08 bits per heavy atom. The summed E-state index contributed by atoms with van der Waals surface area (Å²) in [6.07, 6.45) is 1.83. The van der Waals surface area contributed by atoms with Crippen molar-refractivity contribution in [2.24, 2.45) is 0 Å². The Morgan fingerprint density at radius 3 is 2.62 bits per heavy atom. The Morgan fingerprint density at radius 2 is 1.81 bits per heavy atom. The fourth-order valence-corrected chi connectivity index (χ4v) is 4.33. The van der Waals surface area contributed by atoms with Crippen molar-refractivity contribution in [2.45, 2.75) is 20.0 Å². The van der Waals surface area contributed by atoms with E-state index in [0.717, 1.165) is 39.3 Å². The smallest absolute Gasteiger partial charge is 0.410 e. The second kappa shape index (κ2) is 5.34. The summed E-state index contributed by atoms with van der Waals surface area (Å²) in [5.74, 6) is 0.804. The van der Waals surface area contributed by atoms with Crippen LogP contribution in [0.15, 0.2) is 58.4 Å². The summed E-state index contributed by atoms with van der Waals surface area (Å²) >= 11 is 0. The third-order valence-electron chi connectivity index (χ3n) is 5.54. The summed E-state index contributed by atoms with van der Waals surface area (Å²) < 4.78 is 30.4. The molecule has 0 spiro atoms. The molecule has 2 aliphatic heterocycles. The van der Waals surface area contributed by atoms with Gasteiger partial charge in [-0.3, -0.25) is 0 Å². The molecule has 2 aliphatic rings. The van der Waals surface area contributed by atoms with E-state index in [0.29, 0.717) is 0 Å². The molecule has 0 aliphatic carbocycles. The van der Waals surface area contributed by atoms with Gasteiger partial charge in [-0.2, -0.15) is 0 Å². The largest absolute Gasteiger partial charge is 0.441 e. The van der Waals surface area contributed by atoms with Gasteiger partial charge in [0.05, 0.1) is 17.5 Å². The first-order valence-corrected chi connectivity index (χ1v) is 8.88. The number of hydrogen-bond acceptors (Lipinski definition) is 4. The van der Waals surface area contributed by atoms with Crippen molar-refractivity contribution in [3.63, 3.8) is 0 Å². The Bertz CT molecular complexity index is 1140. The van der Waals surface area contributed by atoms with Crippen molar-refractivity contribution in [3.8, 4) is 0 Å². The molecule has 0 saturated carbocycles. The van der Waals surface area contributed by atoms with E-state index < -0.39 is 6.98 Å². The lowest BCUT2D eigenvalue weighted by Gasteiger charge is -2.39. The molecule has 3 aromatic rings. The SMILES string of the molecule is [2H]C([2H])([2H])N1c2ccccc2N(B2C(C)=Cc3c(oc4ccccc34)N2C)[C@H]1C. The van der Waals surface area contributed by atoms with Crippen LogP contribution in [0.4, 0.5) is 17.3 Å². The normalized spacial score (nSPS) is 21.3. The van der Waals surface area contributed by atoms with Crippen molar-refractivity contribution in [3.05, 3.63) is 59.6 Å². The number of fused-ring (bicyclic) bond motifs is 4. The molecule has 0 saturated heterocycles. The highest BCUT2D eigenvalue weighted by atomic mass is 16.4. The zero-order chi connectivity index (χ0) is 20.5. The van der Waals surface area contributed by atoms with Gasteiger partial charge in [-0.25, -0.2) is 0 Å². The van der Waals surface area contributed by atoms with Crippen LogP contribution in [0, 0.1) is 0 Å². The molecule has 0 N–H and O–H groups in total. The molecule has 5 heteroatoms. The average Bonchev–Trinajstić information content (AvgIpc) is 3.17. The van der Waals surface area contributed by atoms with E-state index in [1.807, 2.05) is 56.4 Å². The predicted molar refractivity (Wildman–Crippen MR) is 111 cm³/mol. The van der Waals surface area contributed by atoms with Gasteiger partial charge < -0.3 is 18.9 Å². The minimum atomic E-state index is -2.22. The zero-order valence-corrected chi connectivity index (χ0v) is 15.1. The van der Waals surface area contributed by atoms with Crippen LogP contribution in [-0.2, 0) is 0 Å². The van der Waals surface area contributed by atoms with E-state index in [1.54, 1.807) is 0 Å². The summed E-state index contributed by atoms with van der Waals surface area (Å²) in [5.41, 5.74) is 4.72. The number of anilines is 3. The van der Waals surface area contributed by atoms with E-state index >= 15 is 0 Å². The van der Waals surface area contributed by atoms with Crippen LogP contribution in [0.5, 0.6) is 0 Å². The standard InChI is InChI=1S/C21H22BN3O/c1-14-13-17-16-9-5-8-12-20(16)26-21(17)24(4)22(14)25-15(2)23(3)18-10-6-7-11-19(18)25/h5-13,15H,1-4H3/t15-/m0/s1/i3D3. The quantitative estimate of drug-likeness (QED) is 0.600. The molecule has 1 atom stereocenters. The van der Waals surface area contributed by atoms with Crippen LogP contribution in [0.3, 0.4) is 0 Å². The maximum absolute atomic E-state index is 8.07. The van der Waals surface area contributed by atoms with Gasteiger partial charge in [-0.1, -0.05) is 41.9 Å². The fourth-order valence-electron chi connectivity index (χ4n) is 4.33. The van der Waals surface area contributed by atoms with Crippen molar-refractivity contribution in [1.82, 2.24) is 0 Å². The molecular formula is C21H22BN3O. The molecule has 0 amide bonds. The van der Waals surface area contributed by atoms with Crippen molar-refractivity contribution >= 4 is 41.3 Å². The number of benzene rings is 2. The number of para-hydroxylation sites is 3. The lowest BCUT2D eigenvalue weighted by atomic mass is 9.61. The van der Waals surface area contributed by atoms with Crippen LogP contribution in [0.2, 0.25) is 0 Å². The molecule has 1 aromatic heterocycles. The van der Waals surface area contributed by atoms with Crippen LogP contribution < -0.4 is 14.5 Å². The van der Waals surface area contributed by atoms with Gasteiger partial charge in [-0.05, 0) is 39.1 Å². The number of rotatable bonds is 1. The van der Waals surface area contributed by atoms with Gasteiger partial charge in [0.25, 0.3) is 0 Å². The van der Waals surface area contributed by atoms with Crippen molar-refractivity contribution in [1.29, 1.82) is 0 Å². The van der Waals surface area contributed by atoms with E-state index in [-0.39, 0.29) is 13.1 Å². The van der Waals surface area contributed by atoms with Crippen molar-refractivity contribution in [2.75, 3.05) is 28.5 Å². The third kappa shape index (κ3) is 1.91. The lowest BCUT2D eigenvalue weighted by molar-refractivity contribution is 0.617. The Balaban J connectivity index is 1.65. The minimum absolute atomic E-state index is 0.147. The van der Waals surface area contributed by atoms with Crippen LogP contribution in [0.1, 0.15) is 23.5 Å². The fraction of sp³-hybridized carbons (Fsp3) is 0.238. The second-order valence-electron chi connectivity index (χ2n) is 7.09. The Kier molecular flexibility index (Phi) is 2.57. The maximum Gasteiger partial charge on any atom is 0.410 e. The van der Waals surface area contributed by atoms with Gasteiger partial charge in [0, 0.05) is 22.0 Å². The molecular weight excluding hydrogens is 321 g/mol. The molecule has 0 radical (unpaired) electrons. The summed E-state index contributed by atoms with van der Waals surface area (Å²) in [6, 6.07) is 15.7. The van der Waals surface area contributed by atoms with Gasteiger partial charge in [-0.15, -0.1) is 0 Å². The number of hydrogen-bond donors (Lipinski definition) is 0. The summed E-state index contributed by atoms with van der Waals surface area (Å²) in [7, 11) is 2.01. The highest BCUT2D eigenvalue weighted by Crippen LogP contribution is 2.44. The van der Waals surface area contributed by atoms with Crippen LogP contribution in [-0.4, -0.2) is 27.2 Å². The number of allylic oxidation sites excluding steroid dienone is 1. The summed E-state index contributed by atoms with van der Waals surface area (Å²) in [5, 5.41) is 1.09. The first kappa shape index (κ1) is 12.5. The first-order chi connectivity index (χ1) is 13.8. The van der Waals surface area contributed by atoms with E-state index in [9.17, 15) is 0 Å². The molecule has 3 heterocycles. The van der Waals surface area contributed by atoms with E-state index in [2.05, 4.69) is 28.7 Å². The van der Waals surface area contributed by atoms with Crippen LogP contribution in [0.25, 0.3) is 17.0 Å². The first-order valence-electron chi connectivity index (χ1n) is 10.4. The molecule has 130 valence electrons. The Hall–Kier alpha value is -2.82. The van der Waals surface area contributed by atoms with E-state index in [1.165, 1.54) is 4.90 Å². The Labute approximate surface area is 158 Å². The highest BCUT2D eigenvalue weighted by Gasteiger charge is 2.44. The molecule has 0 unspecified atom stereocenters. The highest BCUT2D eigenvalue weighted by molar-refractivity contribution is 6.76. The molecule has 2 aromatic carbocycles. The molecule has 26 heavy (non-hydrogen) atoms. The number of furan rings is 1. The van der Waals surface area contributed by atoms with Gasteiger partial charge in [0.1, 0.15) is 5.58 Å². The molecule has 0 fully saturated rings. The summed E-state index contributed by atoms with van der Waals surface area (Å²) in [6.45, 7) is 1.67. The van der Waals surface area contributed by atoms with Gasteiger partial charge >= 0.3 is 6.98 Å². The molecule has 5 rings (SSSR count). The van der Waals surface area contributed by atoms with Crippen LogP contribution >= 0.6 is 0 Å². The molecule has 0 bridgehead atoms. The average molecular weight is 346 g/mol. The maximum atomic E-state index is 8.07. The third-order valence-corrected chi connectivity index (χ3v) is 5.54. The lowest BCUT2D eigenvalue weighted by Crippen LogP contribution is -2.58. The van der Waals surface area contributed by atoms with E-state index in [4.69, 9.17) is 8.53 Å². The second-order valence-corrected chi connectivity index (χ2v) is 7.09.